The summed E-state index contributed by atoms with van der Waals surface area (Å²) in [6.07, 6.45) is 5.36. The fourth-order valence-electron chi connectivity index (χ4n) is 0.791. The Morgan fingerprint density at radius 1 is 1.43 bits per heavy atom. The quantitative estimate of drug-likeness (QED) is 0.341. The second-order valence-electron chi connectivity index (χ2n) is 2.62. The van der Waals surface area contributed by atoms with Crippen molar-refractivity contribution in [3.8, 4) is 0 Å². The van der Waals surface area contributed by atoms with Crippen LogP contribution in [0, 0.1) is 0 Å². The SMILES string of the molecule is C=CCCON=[C]c1ccc(Br)cc1. The maximum absolute atomic E-state index is 4.94. The smallest absolute Gasteiger partial charge is 0.139 e. The molecule has 0 aliphatic rings. The predicted octanol–water partition coefficient (Wildman–Crippen LogP) is 3.25. The van der Waals surface area contributed by atoms with Crippen LogP contribution in [0.3, 0.4) is 0 Å². The van der Waals surface area contributed by atoms with E-state index in [1.54, 1.807) is 6.08 Å². The van der Waals surface area contributed by atoms with Crippen molar-refractivity contribution in [2.45, 2.75) is 6.42 Å². The maximum atomic E-state index is 4.94. The van der Waals surface area contributed by atoms with Crippen molar-refractivity contribution in [2.75, 3.05) is 6.61 Å². The molecule has 0 fully saturated rings. The Kier molecular flexibility index (Phi) is 5.00. The van der Waals surface area contributed by atoms with E-state index < -0.39 is 0 Å². The van der Waals surface area contributed by atoms with Crippen LogP contribution >= 0.6 is 15.9 Å². The Labute approximate surface area is 92.4 Å². The molecule has 0 atom stereocenters. The molecule has 14 heavy (non-hydrogen) atoms. The van der Waals surface area contributed by atoms with Crippen LogP contribution < -0.4 is 0 Å². The molecule has 1 aromatic carbocycles. The summed E-state index contributed by atoms with van der Waals surface area (Å²) in [5, 5.41) is 3.70. The summed E-state index contributed by atoms with van der Waals surface area (Å²) in [5.41, 5.74) is 0.895. The van der Waals surface area contributed by atoms with Gasteiger partial charge in [-0.2, -0.15) is 0 Å². The molecule has 0 heterocycles. The molecule has 73 valence electrons. The molecule has 0 amide bonds. The summed E-state index contributed by atoms with van der Waals surface area (Å²) in [6, 6.07) is 7.68. The van der Waals surface area contributed by atoms with E-state index in [4.69, 9.17) is 4.84 Å². The van der Waals surface area contributed by atoms with Crippen LogP contribution in [0.1, 0.15) is 12.0 Å². The van der Waals surface area contributed by atoms with Gasteiger partial charge >= 0.3 is 0 Å². The Balaban J connectivity index is 2.36. The number of halogens is 1. The van der Waals surface area contributed by atoms with Crippen LogP contribution in [0.2, 0.25) is 0 Å². The van der Waals surface area contributed by atoms with Crippen molar-refractivity contribution in [1.29, 1.82) is 0 Å². The van der Waals surface area contributed by atoms with Crippen LogP contribution in [0.15, 0.2) is 46.5 Å². The van der Waals surface area contributed by atoms with Crippen LogP contribution in [-0.4, -0.2) is 12.8 Å². The lowest BCUT2D eigenvalue weighted by atomic mass is 10.2. The van der Waals surface area contributed by atoms with Gasteiger partial charge in [-0.25, -0.2) is 0 Å². The first kappa shape index (κ1) is 11.0. The molecular formula is C11H11BrNO. The molecule has 0 unspecified atom stereocenters. The number of hydrogen-bond acceptors (Lipinski definition) is 2. The van der Waals surface area contributed by atoms with E-state index in [2.05, 4.69) is 33.9 Å². The summed E-state index contributed by atoms with van der Waals surface area (Å²) in [5.74, 6) is 0. The summed E-state index contributed by atoms with van der Waals surface area (Å²) in [6.45, 7) is 4.13. The zero-order valence-corrected chi connectivity index (χ0v) is 9.33. The van der Waals surface area contributed by atoms with E-state index >= 15 is 0 Å². The van der Waals surface area contributed by atoms with E-state index in [0.717, 1.165) is 16.5 Å². The van der Waals surface area contributed by atoms with Gasteiger partial charge in [0.1, 0.15) is 12.8 Å². The van der Waals surface area contributed by atoms with E-state index in [0.29, 0.717) is 6.61 Å². The van der Waals surface area contributed by atoms with Gasteiger partial charge in [-0.1, -0.05) is 39.3 Å². The molecule has 0 spiro atoms. The molecule has 2 nitrogen and oxygen atoms in total. The Bertz CT molecular complexity index is 306. The first-order valence-corrected chi connectivity index (χ1v) is 5.06. The van der Waals surface area contributed by atoms with Crippen molar-refractivity contribution >= 4 is 22.1 Å². The summed E-state index contributed by atoms with van der Waals surface area (Å²) < 4.78 is 1.04. The van der Waals surface area contributed by atoms with Crippen molar-refractivity contribution in [1.82, 2.24) is 0 Å². The maximum Gasteiger partial charge on any atom is 0.139 e. The van der Waals surface area contributed by atoms with Gasteiger partial charge < -0.3 is 4.84 Å². The van der Waals surface area contributed by atoms with Crippen molar-refractivity contribution in [3.05, 3.63) is 47.0 Å². The third kappa shape index (κ3) is 4.23. The van der Waals surface area contributed by atoms with Gasteiger partial charge in [0.25, 0.3) is 0 Å². The standard InChI is InChI=1S/C11H11BrNO/c1-2-3-8-14-13-9-10-4-6-11(12)7-5-10/h2,4-7H,1,3,8H2. The zero-order valence-electron chi connectivity index (χ0n) is 7.74. The molecule has 1 aromatic rings. The molecule has 0 aromatic heterocycles. The lowest BCUT2D eigenvalue weighted by Gasteiger charge is -1.94. The van der Waals surface area contributed by atoms with Crippen LogP contribution in [0.25, 0.3) is 0 Å². The van der Waals surface area contributed by atoms with Gasteiger partial charge in [-0.15, -0.1) is 6.58 Å². The average Bonchev–Trinajstić information content (AvgIpc) is 2.21. The summed E-state index contributed by atoms with van der Waals surface area (Å²) in [4.78, 5) is 4.94. The number of nitrogens with zero attached hydrogens (tertiary/aromatic N) is 1. The predicted molar refractivity (Wildman–Crippen MR) is 61.4 cm³/mol. The van der Waals surface area contributed by atoms with Gasteiger partial charge in [0, 0.05) is 16.5 Å². The third-order valence-corrected chi connectivity index (χ3v) is 2.03. The molecule has 0 aliphatic heterocycles. The first-order chi connectivity index (χ1) is 6.83. The van der Waals surface area contributed by atoms with Crippen molar-refractivity contribution in [3.63, 3.8) is 0 Å². The summed E-state index contributed by atoms with van der Waals surface area (Å²) >= 11 is 3.35. The minimum atomic E-state index is 0.549. The second-order valence-corrected chi connectivity index (χ2v) is 3.54. The van der Waals surface area contributed by atoms with Gasteiger partial charge in [0.05, 0.1) is 0 Å². The van der Waals surface area contributed by atoms with Crippen LogP contribution in [0.5, 0.6) is 0 Å². The molecule has 0 N–H and O–H groups in total. The topological polar surface area (TPSA) is 21.6 Å². The largest absolute Gasteiger partial charge is 0.395 e. The van der Waals surface area contributed by atoms with E-state index in [1.807, 2.05) is 24.3 Å². The Morgan fingerprint density at radius 3 is 2.79 bits per heavy atom. The van der Waals surface area contributed by atoms with Crippen molar-refractivity contribution in [2.24, 2.45) is 5.16 Å². The second kappa shape index (κ2) is 6.38. The normalized spacial score (nSPS) is 10.4. The highest BCUT2D eigenvalue weighted by Crippen LogP contribution is 2.08. The molecule has 1 radical (unpaired) electrons. The lowest BCUT2D eigenvalue weighted by Crippen LogP contribution is -1.86. The van der Waals surface area contributed by atoms with Crippen molar-refractivity contribution < 1.29 is 4.84 Å². The first-order valence-electron chi connectivity index (χ1n) is 4.27. The van der Waals surface area contributed by atoms with Gasteiger partial charge in [0.15, 0.2) is 0 Å². The Hall–Kier alpha value is -1.09. The highest BCUT2D eigenvalue weighted by atomic mass is 79.9. The molecule has 0 bridgehead atoms. The van der Waals surface area contributed by atoms with E-state index in [9.17, 15) is 0 Å². The lowest BCUT2D eigenvalue weighted by molar-refractivity contribution is 0.151. The zero-order chi connectivity index (χ0) is 10.2. The summed E-state index contributed by atoms with van der Waals surface area (Å²) in [7, 11) is 0. The van der Waals surface area contributed by atoms with E-state index in [-0.39, 0.29) is 0 Å². The molecule has 0 saturated carbocycles. The van der Waals surface area contributed by atoms with E-state index in [1.165, 1.54) is 0 Å². The van der Waals surface area contributed by atoms with Gasteiger partial charge in [0.2, 0.25) is 0 Å². The number of hydrogen-bond donors (Lipinski definition) is 0. The molecule has 0 aliphatic carbocycles. The highest BCUT2D eigenvalue weighted by Gasteiger charge is 1.88. The highest BCUT2D eigenvalue weighted by molar-refractivity contribution is 9.10. The molecule has 3 heteroatoms. The fourth-order valence-corrected chi connectivity index (χ4v) is 1.06. The molecule has 1 rings (SSSR count). The number of rotatable bonds is 5. The minimum absolute atomic E-state index is 0.549. The van der Waals surface area contributed by atoms with Gasteiger partial charge in [-0.3, -0.25) is 0 Å². The third-order valence-electron chi connectivity index (χ3n) is 1.50. The number of benzene rings is 1. The van der Waals surface area contributed by atoms with Crippen LogP contribution in [-0.2, 0) is 4.84 Å². The molecular weight excluding hydrogens is 242 g/mol. The van der Waals surface area contributed by atoms with Gasteiger partial charge in [-0.05, 0) is 12.1 Å². The minimum Gasteiger partial charge on any atom is -0.395 e. The van der Waals surface area contributed by atoms with Crippen LogP contribution in [0.4, 0.5) is 0 Å². The fraction of sp³-hybridized carbons (Fsp3) is 0.182. The monoisotopic (exact) mass is 252 g/mol. The average molecular weight is 253 g/mol. The molecule has 0 saturated heterocycles. The Morgan fingerprint density at radius 2 is 2.14 bits per heavy atom.